The highest BCUT2D eigenvalue weighted by atomic mass is 35.5. The van der Waals surface area contributed by atoms with Gasteiger partial charge in [0.05, 0.1) is 10.6 Å². The predicted molar refractivity (Wildman–Crippen MR) is 89.8 cm³/mol. The maximum atomic E-state index is 12.8. The lowest BCUT2D eigenvalue weighted by Crippen LogP contribution is -2.21. The highest BCUT2D eigenvalue weighted by Crippen LogP contribution is 2.36. The van der Waals surface area contributed by atoms with Crippen LogP contribution in [0.4, 0.5) is 24.5 Å². The summed E-state index contributed by atoms with van der Waals surface area (Å²) >= 11 is 11.3. The summed E-state index contributed by atoms with van der Waals surface area (Å²) in [4.78, 5) is 23.6. The zero-order valence-corrected chi connectivity index (χ0v) is 14.0. The second-order valence-corrected chi connectivity index (χ2v) is 5.82. The molecule has 0 bridgehead atoms. The molecule has 0 aliphatic rings. The fourth-order valence-electron chi connectivity index (χ4n) is 1.94. The van der Waals surface area contributed by atoms with Crippen LogP contribution in [0.25, 0.3) is 0 Å². The van der Waals surface area contributed by atoms with Crippen molar-refractivity contribution in [2.75, 3.05) is 10.6 Å². The molecule has 0 fully saturated rings. The topological polar surface area (TPSA) is 58.2 Å². The van der Waals surface area contributed by atoms with E-state index in [1.54, 1.807) is 18.2 Å². The van der Waals surface area contributed by atoms with Crippen LogP contribution in [0.3, 0.4) is 0 Å². The van der Waals surface area contributed by atoms with Gasteiger partial charge in [0.25, 0.3) is 0 Å². The molecule has 0 aliphatic heterocycles. The van der Waals surface area contributed by atoms with Gasteiger partial charge in [0.15, 0.2) is 0 Å². The second-order valence-electron chi connectivity index (χ2n) is 4.98. The van der Waals surface area contributed by atoms with Gasteiger partial charge in [-0.25, -0.2) is 0 Å². The minimum atomic E-state index is -4.65. The van der Waals surface area contributed by atoms with E-state index in [4.69, 9.17) is 23.2 Å². The Bertz CT molecular complexity index is 810. The molecule has 0 spiro atoms. The molecule has 2 amide bonds. The van der Waals surface area contributed by atoms with E-state index in [1.807, 2.05) is 0 Å². The number of carbonyl (C=O) groups excluding carboxylic acids is 2. The van der Waals surface area contributed by atoms with Gasteiger partial charge in [0.1, 0.15) is 6.42 Å². The van der Waals surface area contributed by atoms with Crippen LogP contribution in [0.1, 0.15) is 12.0 Å². The first kappa shape index (κ1) is 19.1. The number of anilines is 2. The van der Waals surface area contributed by atoms with E-state index in [1.165, 1.54) is 12.1 Å². The van der Waals surface area contributed by atoms with Crippen LogP contribution in [-0.4, -0.2) is 11.8 Å². The third kappa shape index (κ3) is 5.65. The molecule has 0 saturated carbocycles. The molecule has 0 radical (unpaired) electrons. The highest BCUT2D eigenvalue weighted by Gasteiger charge is 2.33. The molecule has 2 rings (SSSR count). The van der Waals surface area contributed by atoms with Crippen LogP contribution in [0, 0.1) is 0 Å². The van der Waals surface area contributed by atoms with Crippen LogP contribution in [-0.2, 0) is 15.8 Å². The molecule has 4 nitrogen and oxygen atoms in total. The van der Waals surface area contributed by atoms with E-state index in [2.05, 4.69) is 10.6 Å². The van der Waals surface area contributed by atoms with Gasteiger partial charge in [-0.1, -0.05) is 29.3 Å². The summed E-state index contributed by atoms with van der Waals surface area (Å²) in [7, 11) is 0. The Morgan fingerprint density at radius 3 is 2.08 bits per heavy atom. The average Bonchev–Trinajstić information content (AvgIpc) is 2.47. The number of halogens is 5. The van der Waals surface area contributed by atoms with Gasteiger partial charge in [-0.2, -0.15) is 13.2 Å². The zero-order valence-electron chi connectivity index (χ0n) is 12.5. The summed E-state index contributed by atoms with van der Waals surface area (Å²) < 4.78 is 38.3. The molecule has 9 heteroatoms. The van der Waals surface area contributed by atoms with E-state index in [0.717, 1.165) is 6.07 Å². The van der Waals surface area contributed by atoms with Gasteiger partial charge in [-0.3, -0.25) is 9.59 Å². The minimum absolute atomic E-state index is 0.114. The van der Waals surface area contributed by atoms with Crippen molar-refractivity contribution < 1.29 is 22.8 Å². The summed E-state index contributed by atoms with van der Waals surface area (Å²) in [6, 6.07) is 9.24. The Kier molecular flexibility index (Phi) is 5.92. The third-order valence-corrected chi connectivity index (χ3v) is 3.55. The normalized spacial score (nSPS) is 11.1. The van der Waals surface area contributed by atoms with Crippen molar-refractivity contribution in [1.82, 2.24) is 0 Å². The van der Waals surface area contributed by atoms with E-state index in [9.17, 15) is 22.8 Å². The van der Waals surface area contributed by atoms with Crippen LogP contribution >= 0.6 is 23.2 Å². The van der Waals surface area contributed by atoms with Crippen molar-refractivity contribution in [2.45, 2.75) is 12.6 Å². The standard InChI is InChI=1S/C16H11Cl2F3N2O2/c17-9-2-1-3-10(6-9)22-14(24)8-15(25)23-11-4-5-13(18)12(7-11)16(19,20)21/h1-7H,8H2,(H,22,24)(H,23,25). The van der Waals surface area contributed by atoms with E-state index in [0.29, 0.717) is 16.8 Å². The number of benzene rings is 2. The van der Waals surface area contributed by atoms with Crippen molar-refractivity contribution in [2.24, 2.45) is 0 Å². The second kappa shape index (κ2) is 7.76. The van der Waals surface area contributed by atoms with E-state index in [-0.39, 0.29) is 5.69 Å². The van der Waals surface area contributed by atoms with Gasteiger partial charge in [0.2, 0.25) is 11.8 Å². The van der Waals surface area contributed by atoms with Crippen LogP contribution in [0.5, 0.6) is 0 Å². The number of amides is 2. The third-order valence-electron chi connectivity index (χ3n) is 2.99. The van der Waals surface area contributed by atoms with Gasteiger partial charge in [-0.15, -0.1) is 0 Å². The number of carbonyl (C=O) groups is 2. The molecular formula is C16H11Cl2F3N2O2. The maximum Gasteiger partial charge on any atom is 0.417 e. The largest absolute Gasteiger partial charge is 0.417 e. The smallest absolute Gasteiger partial charge is 0.326 e. The molecule has 2 N–H and O–H groups in total. The van der Waals surface area contributed by atoms with Crippen molar-refractivity contribution in [3.05, 3.63) is 58.1 Å². The molecule has 0 atom stereocenters. The summed E-state index contributed by atoms with van der Waals surface area (Å²) in [5, 5.41) is 4.61. The Balaban J connectivity index is 1.99. The fraction of sp³-hybridized carbons (Fsp3) is 0.125. The molecule has 0 aromatic heterocycles. The summed E-state index contributed by atoms with van der Waals surface area (Å²) in [6.45, 7) is 0. The van der Waals surface area contributed by atoms with Crippen LogP contribution < -0.4 is 10.6 Å². The molecular weight excluding hydrogens is 380 g/mol. The molecule has 132 valence electrons. The first-order valence-electron chi connectivity index (χ1n) is 6.87. The van der Waals surface area contributed by atoms with Crippen LogP contribution in [0.15, 0.2) is 42.5 Å². The maximum absolute atomic E-state index is 12.8. The first-order valence-corrected chi connectivity index (χ1v) is 7.63. The molecule has 0 heterocycles. The van der Waals surface area contributed by atoms with Crippen molar-refractivity contribution in [3.63, 3.8) is 0 Å². The summed E-state index contributed by atoms with van der Waals surface area (Å²) in [5.74, 6) is -1.40. The Hall–Kier alpha value is -2.25. The van der Waals surface area contributed by atoms with Crippen molar-refractivity contribution in [3.8, 4) is 0 Å². The summed E-state index contributed by atoms with van der Waals surface area (Å²) in [6.07, 6.45) is -5.22. The molecule has 0 aliphatic carbocycles. The van der Waals surface area contributed by atoms with Crippen molar-refractivity contribution in [1.29, 1.82) is 0 Å². The van der Waals surface area contributed by atoms with Gasteiger partial charge in [-0.05, 0) is 36.4 Å². The zero-order chi connectivity index (χ0) is 18.6. The molecule has 0 unspecified atom stereocenters. The first-order chi connectivity index (χ1) is 11.6. The molecule has 25 heavy (non-hydrogen) atoms. The van der Waals surface area contributed by atoms with Gasteiger partial charge in [0, 0.05) is 16.4 Å². The number of alkyl halides is 3. The quantitative estimate of drug-likeness (QED) is 0.723. The lowest BCUT2D eigenvalue weighted by atomic mass is 10.2. The highest BCUT2D eigenvalue weighted by molar-refractivity contribution is 6.31. The monoisotopic (exact) mass is 390 g/mol. The lowest BCUT2D eigenvalue weighted by molar-refractivity contribution is -0.137. The molecule has 2 aromatic carbocycles. The lowest BCUT2D eigenvalue weighted by Gasteiger charge is -2.12. The van der Waals surface area contributed by atoms with E-state index >= 15 is 0 Å². The number of nitrogens with one attached hydrogen (secondary N) is 2. The minimum Gasteiger partial charge on any atom is -0.326 e. The SMILES string of the molecule is O=C(CC(=O)Nc1ccc(Cl)c(C(F)(F)F)c1)Nc1cccc(Cl)c1. The van der Waals surface area contributed by atoms with Gasteiger partial charge >= 0.3 is 6.18 Å². The molecule has 2 aromatic rings. The Morgan fingerprint density at radius 2 is 1.52 bits per heavy atom. The number of hydrogen-bond donors (Lipinski definition) is 2. The summed E-state index contributed by atoms with van der Waals surface area (Å²) in [5.41, 5.74) is -0.788. The van der Waals surface area contributed by atoms with Crippen molar-refractivity contribution >= 4 is 46.4 Å². The number of rotatable bonds is 4. The fourth-order valence-corrected chi connectivity index (χ4v) is 2.36. The molecule has 0 saturated heterocycles. The Morgan fingerprint density at radius 1 is 0.920 bits per heavy atom. The number of hydrogen-bond acceptors (Lipinski definition) is 2. The average molecular weight is 391 g/mol. The Labute approximate surface area is 150 Å². The van der Waals surface area contributed by atoms with E-state index < -0.39 is 35.0 Å². The van der Waals surface area contributed by atoms with Crippen LogP contribution in [0.2, 0.25) is 10.0 Å². The van der Waals surface area contributed by atoms with Gasteiger partial charge < -0.3 is 10.6 Å². The predicted octanol–water partition coefficient (Wildman–Crippen LogP) is 4.98.